The van der Waals surface area contributed by atoms with E-state index in [2.05, 4.69) is 0 Å². The van der Waals surface area contributed by atoms with Crippen molar-refractivity contribution < 1.29 is 33.5 Å². The van der Waals surface area contributed by atoms with Gasteiger partial charge in [-0.1, -0.05) is 12.8 Å². The molecule has 0 radical (unpaired) electrons. The fourth-order valence-electron chi connectivity index (χ4n) is 4.38. The zero-order valence-electron chi connectivity index (χ0n) is 16.3. The fraction of sp³-hybridized carbons (Fsp3) is 0.550. The van der Waals surface area contributed by atoms with E-state index in [9.17, 15) is 24.5 Å². The minimum Gasteiger partial charge on any atom is -0.467 e. The molecule has 1 aromatic carbocycles. The number of nitrogens with zero attached hydrogens (tertiary/aromatic N) is 2. The van der Waals surface area contributed by atoms with Gasteiger partial charge in [0.05, 0.1) is 29.8 Å². The number of nitro groups is 1. The summed E-state index contributed by atoms with van der Waals surface area (Å²) in [5, 5.41) is 11.1. The molecule has 0 unspecified atom stereocenters. The number of non-ortho nitro benzene ring substituents is 1. The van der Waals surface area contributed by atoms with Gasteiger partial charge in [0.1, 0.15) is 12.4 Å². The number of hydrogen-bond donors (Lipinski definition) is 0. The highest BCUT2D eigenvalue weighted by Crippen LogP contribution is 2.38. The Kier molecular flexibility index (Phi) is 5.67. The molecule has 160 valence electrons. The van der Waals surface area contributed by atoms with Crippen LogP contribution in [0.3, 0.4) is 0 Å². The molecule has 1 aromatic rings. The molecule has 2 atom stereocenters. The van der Waals surface area contributed by atoms with Crippen molar-refractivity contribution in [2.45, 2.75) is 45.3 Å². The highest BCUT2D eigenvalue weighted by atomic mass is 16.7. The fourth-order valence-corrected chi connectivity index (χ4v) is 4.38. The smallest absolute Gasteiger partial charge is 0.307 e. The lowest BCUT2D eigenvalue weighted by Crippen LogP contribution is -2.33. The largest absolute Gasteiger partial charge is 0.467 e. The average Bonchev–Trinajstić information content (AvgIpc) is 3.00. The van der Waals surface area contributed by atoms with Gasteiger partial charge in [-0.15, -0.1) is 0 Å². The quantitative estimate of drug-likeness (QED) is 0.297. The zero-order valence-corrected chi connectivity index (χ0v) is 16.3. The number of carbonyl (C=O) groups is 3. The van der Waals surface area contributed by atoms with Crippen molar-refractivity contribution in [2.75, 3.05) is 13.3 Å². The van der Waals surface area contributed by atoms with Crippen LogP contribution in [0.15, 0.2) is 12.1 Å². The molecule has 3 aliphatic rings. The first-order chi connectivity index (χ1) is 14.5. The van der Waals surface area contributed by atoms with Gasteiger partial charge in [-0.3, -0.25) is 29.4 Å². The van der Waals surface area contributed by atoms with Crippen LogP contribution in [0.5, 0.6) is 5.75 Å². The predicted octanol–water partition coefficient (Wildman–Crippen LogP) is 2.07. The molecular weight excluding hydrogens is 396 g/mol. The number of benzene rings is 1. The number of amides is 2. The first-order valence-corrected chi connectivity index (χ1v) is 9.97. The van der Waals surface area contributed by atoms with Crippen LogP contribution in [-0.2, 0) is 37.1 Å². The van der Waals surface area contributed by atoms with Gasteiger partial charge in [0.15, 0.2) is 6.79 Å². The van der Waals surface area contributed by atoms with Crippen LogP contribution in [0.1, 0.15) is 43.2 Å². The monoisotopic (exact) mass is 418 g/mol. The molecule has 0 spiro atoms. The van der Waals surface area contributed by atoms with Gasteiger partial charge in [-0.25, -0.2) is 0 Å². The number of ether oxygens (including phenoxy) is 3. The van der Waals surface area contributed by atoms with E-state index < -0.39 is 10.9 Å². The third-order valence-corrected chi connectivity index (χ3v) is 5.84. The second-order valence-electron chi connectivity index (χ2n) is 7.70. The summed E-state index contributed by atoms with van der Waals surface area (Å²) in [6.07, 6.45) is 3.20. The Labute approximate surface area is 172 Å². The molecule has 1 aliphatic carbocycles. The third kappa shape index (κ3) is 3.87. The molecule has 10 nitrogen and oxygen atoms in total. The molecular formula is C20H22N2O8. The van der Waals surface area contributed by atoms with E-state index in [0.717, 1.165) is 25.7 Å². The first kappa shape index (κ1) is 20.3. The predicted molar refractivity (Wildman–Crippen MR) is 100.0 cm³/mol. The van der Waals surface area contributed by atoms with Gasteiger partial charge in [0, 0.05) is 29.8 Å². The Balaban J connectivity index is 1.36. The SMILES string of the molecule is O=C(CCN1C(=O)[C@@H]2CCCC[C@H]2C1=O)OCc1cc([N+](=O)[O-])cc2c1OCOC2. The molecule has 0 aromatic heterocycles. The highest BCUT2D eigenvalue weighted by molar-refractivity contribution is 6.05. The normalized spacial score (nSPS) is 22.9. The standard InChI is InChI=1S/C20H22N2O8/c23-17(5-6-21-19(24)15-3-1-2-4-16(15)20(21)25)29-10-13-8-14(22(26)27)7-12-9-28-11-30-18(12)13/h7-8,15-16H,1-6,9-11H2/t15-,16-/m1/s1. The van der Waals surface area contributed by atoms with Gasteiger partial charge >= 0.3 is 5.97 Å². The summed E-state index contributed by atoms with van der Waals surface area (Å²) < 4.78 is 15.8. The maximum atomic E-state index is 12.5. The molecule has 0 bridgehead atoms. The number of likely N-dealkylation sites (tertiary alicyclic amines) is 1. The Morgan fingerprint density at radius 3 is 2.57 bits per heavy atom. The topological polar surface area (TPSA) is 125 Å². The zero-order chi connectivity index (χ0) is 21.3. The molecule has 10 heteroatoms. The summed E-state index contributed by atoms with van der Waals surface area (Å²) in [4.78, 5) is 48.9. The van der Waals surface area contributed by atoms with Crippen molar-refractivity contribution in [3.8, 4) is 5.75 Å². The molecule has 2 heterocycles. The van der Waals surface area contributed by atoms with E-state index in [0.29, 0.717) is 16.9 Å². The van der Waals surface area contributed by atoms with Gasteiger partial charge in [0.2, 0.25) is 11.8 Å². The lowest BCUT2D eigenvalue weighted by molar-refractivity contribution is -0.385. The van der Waals surface area contributed by atoms with Crippen LogP contribution < -0.4 is 4.74 Å². The van der Waals surface area contributed by atoms with E-state index in [4.69, 9.17) is 14.2 Å². The first-order valence-electron chi connectivity index (χ1n) is 9.97. The van der Waals surface area contributed by atoms with E-state index in [-0.39, 0.29) is 62.3 Å². The number of carbonyl (C=O) groups excluding carboxylic acids is 3. The molecule has 4 rings (SSSR count). The van der Waals surface area contributed by atoms with E-state index >= 15 is 0 Å². The summed E-state index contributed by atoms with van der Waals surface area (Å²) in [6, 6.07) is 2.67. The van der Waals surface area contributed by atoms with Crippen molar-refractivity contribution in [1.29, 1.82) is 0 Å². The van der Waals surface area contributed by atoms with Crippen molar-refractivity contribution >= 4 is 23.5 Å². The lowest BCUT2D eigenvalue weighted by atomic mass is 9.81. The molecule has 2 fully saturated rings. The minimum absolute atomic E-state index is 0.00722. The average molecular weight is 418 g/mol. The van der Waals surface area contributed by atoms with Crippen molar-refractivity contribution in [3.63, 3.8) is 0 Å². The molecule has 1 saturated carbocycles. The minimum atomic E-state index is -0.599. The number of nitro benzene ring substituents is 1. The number of imide groups is 1. The Bertz CT molecular complexity index is 875. The second kappa shape index (κ2) is 8.39. The number of esters is 1. The van der Waals surface area contributed by atoms with Gasteiger partial charge < -0.3 is 14.2 Å². The third-order valence-electron chi connectivity index (χ3n) is 5.84. The van der Waals surface area contributed by atoms with Crippen molar-refractivity contribution in [1.82, 2.24) is 4.90 Å². The number of rotatable bonds is 6. The Morgan fingerprint density at radius 1 is 1.20 bits per heavy atom. The van der Waals surface area contributed by atoms with E-state index in [1.54, 1.807) is 0 Å². The Hall–Kier alpha value is -3.01. The van der Waals surface area contributed by atoms with Crippen LogP contribution >= 0.6 is 0 Å². The summed E-state index contributed by atoms with van der Waals surface area (Å²) in [6.45, 7) is -0.0520. The van der Waals surface area contributed by atoms with Crippen LogP contribution in [0.2, 0.25) is 0 Å². The van der Waals surface area contributed by atoms with Crippen molar-refractivity contribution in [2.24, 2.45) is 11.8 Å². The molecule has 0 N–H and O–H groups in total. The lowest BCUT2D eigenvalue weighted by Gasteiger charge is -2.20. The van der Waals surface area contributed by atoms with Crippen LogP contribution in [-0.4, -0.2) is 40.9 Å². The molecule has 1 saturated heterocycles. The van der Waals surface area contributed by atoms with Gasteiger partial charge in [0.25, 0.3) is 5.69 Å². The highest BCUT2D eigenvalue weighted by Gasteiger charge is 2.47. The molecule has 2 amide bonds. The second-order valence-corrected chi connectivity index (χ2v) is 7.70. The molecule has 30 heavy (non-hydrogen) atoms. The van der Waals surface area contributed by atoms with E-state index in [1.807, 2.05) is 0 Å². The van der Waals surface area contributed by atoms with Gasteiger partial charge in [-0.2, -0.15) is 0 Å². The summed E-state index contributed by atoms with van der Waals surface area (Å²) in [5.41, 5.74) is 0.734. The number of fused-ring (bicyclic) bond motifs is 2. The van der Waals surface area contributed by atoms with Crippen molar-refractivity contribution in [3.05, 3.63) is 33.4 Å². The summed E-state index contributed by atoms with van der Waals surface area (Å²) >= 11 is 0. The summed E-state index contributed by atoms with van der Waals surface area (Å²) in [5.74, 6) is -1.08. The maximum Gasteiger partial charge on any atom is 0.307 e. The van der Waals surface area contributed by atoms with Crippen LogP contribution in [0, 0.1) is 22.0 Å². The summed E-state index contributed by atoms with van der Waals surface area (Å²) in [7, 11) is 0. The van der Waals surface area contributed by atoms with Gasteiger partial charge in [-0.05, 0) is 12.8 Å². The molecule has 2 aliphatic heterocycles. The number of hydrogen-bond acceptors (Lipinski definition) is 8. The maximum absolute atomic E-state index is 12.5. The van der Waals surface area contributed by atoms with Crippen LogP contribution in [0.4, 0.5) is 5.69 Å². The Morgan fingerprint density at radius 2 is 1.90 bits per heavy atom. The van der Waals surface area contributed by atoms with E-state index in [1.165, 1.54) is 17.0 Å². The van der Waals surface area contributed by atoms with Crippen LogP contribution in [0.25, 0.3) is 0 Å².